The predicted octanol–water partition coefficient (Wildman–Crippen LogP) is -1.13. The minimum atomic E-state index is -0.488. The number of aliphatic hydroxyl groups is 1. The van der Waals surface area contributed by atoms with E-state index in [-0.39, 0.29) is 12.2 Å². The van der Waals surface area contributed by atoms with E-state index in [2.05, 4.69) is 5.73 Å². The Morgan fingerprint density at radius 3 is 2.86 bits per heavy atom. The van der Waals surface area contributed by atoms with Crippen LogP contribution in [0.4, 0.5) is 0 Å². The van der Waals surface area contributed by atoms with Crippen molar-refractivity contribution in [3.05, 3.63) is 23.8 Å². The number of rotatable bonds is 2. The topological polar surface area (TPSA) is 66.3 Å². The summed E-state index contributed by atoms with van der Waals surface area (Å²) in [7, 11) is 0. The number of hydrogen-bond donors (Lipinski definition) is 2. The zero-order chi connectivity index (χ0) is 9.97. The van der Waals surface area contributed by atoms with Gasteiger partial charge in [0.1, 0.15) is 24.9 Å². The number of hydrogen-bond acceptors (Lipinski definition) is 3. The van der Waals surface area contributed by atoms with Gasteiger partial charge in [-0.25, -0.2) is 0 Å². The van der Waals surface area contributed by atoms with Crippen LogP contribution in [0.5, 0.6) is 0 Å². The Morgan fingerprint density at radius 2 is 2.14 bits per heavy atom. The molecule has 4 heteroatoms. The van der Waals surface area contributed by atoms with Gasteiger partial charge in [-0.05, 0) is 11.6 Å². The van der Waals surface area contributed by atoms with Crippen molar-refractivity contribution in [2.24, 2.45) is 0 Å². The smallest absolute Gasteiger partial charge is 0.127 e. The van der Waals surface area contributed by atoms with Crippen LogP contribution >= 0.6 is 0 Å². The molecule has 0 spiro atoms. The molecule has 2 rings (SSSR count). The van der Waals surface area contributed by atoms with Crippen molar-refractivity contribution in [2.75, 3.05) is 19.8 Å². The summed E-state index contributed by atoms with van der Waals surface area (Å²) in [5, 5.41) is 9.59. The predicted molar refractivity (Wildman–Crippen MR) is 50.5 cm³/mol. The number of aliphatic hydroxyl groups excluding tert-OH is 1. The highest BCUT2D eigenvalue weighted by Crippen LogP contribution is 2.21. The highest BCUT2D eigenvalue weighted by molar-refractivity contribution is 5.30. The van der Waals surface area contributed by atoms with Gasteiger partial charge in [-0.3, -0.25) is 0 Å². The molecule has 1 heterocycles. The van der Waals surface area contributed by atoms with Gasteiger partial charge in [0.2, 0.25) is 0 Å². The largest absolute Gasteiger partial charge is 0.383 e. The normalized spacial score (nSPS) is 33.4. The van der Waals surface area contributed by atoms with Crippen LogP contribution in [-0.2, 0) is 9.47 Å². The van der Waals surface area contributed by atoms with Crippen LogP contribution in [0, 0.1) is 0 Å². The second-order valence-electron chi connectivity index (χ2n) is 3.50. The lowest BCUT2D eigenvalue weighted by Gasteiger charge is -2.31. The van der Waals surface area contributed by atoms with Crippen molar-refractivity contribution >= 4 is 0 Å². The van der Waals surface area contributed by atoms with Crippen LogP contribution in [-0.4, -0.2) is 43.2 Å². The van der Waals surface area contributed by atoms with Gasteiger partial charge in [-0.1, -0.05) is 12.2 Å². The van der Waals surface area contributed by atoms with Crippen LogP contribution in [0.25, 0.3) is 0 Å². The first kappa shape index (κ1) is 9.86. The second-order valence-corrected chi connectivity index (χ2v) is 3.50. The molecule has 1 aliphatic heterocycles. The van der Waals surface area contributed by atoms with Gasteiger partial charge >= 0.3 is 0 Å². The summed E-state index contributed by atoms with van der Waals surface area (Å²) in [6.45, 7) is 1.75. The van der Waals surface area contributed by atoms with Gasteiger partial charge in [-0.15, -0.1) is 0 Å². The molecular weight excluding hydrogens is 182 g/mol. The maximum atomic E-state index is 9.59. The summed E-state index contributed by atoms with van der Waals surface area (Å²) in [5.41, 5.74) is 4.55. The Kier molecular flexibility index (Phi) is 2.98. The van der Waals surface area contributed by atoms with Gasteiger partial charge in [0.05, 0.1) is 13.2 Å². The van der Waals surface area contributed by atoms with Crippen molar-refractivity contribution in [1.82, 2.24) is 0 Å². The van der Waals surface area contributed by atoms with Gasteiger partial charge in [0.25, 0.3) is 0 Å². The minimum Gasteiger partial charge on any atom is -0.383 e. The summed E-state index contributed by atoms with van der Waals surface area (Å²) in [6, 6.07) is 0. The summed E-state index contributed by atoms with van der Waals surface area (Å²) >= 11 is 0. The molecule has 0 amide bonds. The van der Waals surface area contributed by atoms with E-state index in [1.165, 1.54) is 0 Å². The van der Waals surface area contributed by atoms with Crippen molar-refractivity contribution < 1.29 is 20.3 Å². The van der Waals surface area contributed by atoms with Crippen LogP contribution < -0.4 is 5.73 Å². The Labute approximate surface area is 83.0 Å². The Morgan fingerprint density at radius 1 is 1.43 bits per heavy atom. The molecule has 78 valence electrons. The fourth-order valence-corrected chi connectivity index (χ4v) is 1.71. The molecular formula is C10H16NO3+. The lowest BCUT2D eigenvalue weighted by Crippen LogP contribution is -2.56. The third-order valence-corrected chi connectivity index (χ3v) is 2.52. The molecule has 4 nitrogen and oxygen atoms in total. The standard InChI is InChI=1S/C10H15NO3/c11-6-8(12)7-1-2-9-10(5-7)14-4-3-13-9/h1-2,5,8-10,12H,3-4,6,11H2/p+1/t8-,9-,10+/m1/s1. The quantitative estimate of drug-likeness (QED) is 0.590. The zero-order valence-corrected chi connectivity index (χ0v) is 8.06. The van der Waals surface area contributed by atoms with Crippen molar-refractivity contribution in [1.29, 1.82) is 0 Å². The SMILES string of the molecule is [NH3+]C[C@@H](O)C1=C[C@@H]2OCCO[C@@H]2C=C1. The lowest BCUT2D eigenvalue weighted by atomic mass is 9.98. The maximum absolute atomic E-state index is 9.59. The Hall–Kier alpha value is -0.680. The monoisotopic (exact) mass is 198 g/mol. The van der Waals surface area contributed by atoms with E-state index in [1.807, 2.05) is 18.2 Å². The Bertz CT molecular complexity index is 262. The second kappa shape index (κ2) is 4.23. The van der Waals surface area contributed by atoms with Crippen molar-refractivity contribution in [3.8, 4) is 0 Å². The van der Waals surface area contributed by atoms with E-state index in [0.29, 0.717) is 19.8 Å². The summed E-state index contributed by atoms with van der Waals surface area (Å²) in [6.07, 6.45) is 5.26. The van der Waals surface area contributed by atoms with Crippen molar-refractivity contribution in [3.63, 3.8) is 0 Å². The molecule has 3 atom stereocenters. The van der Waals surface area contributed by atoms with Gasteiger partial charge in [-0.2, -0.15) is 0 Å². The fourth-order valence-electron chi connectivity index (χ4n) is 1.71. The minimum absolute atomic E-state index is 0.0181. The fraction of sp³-hybridized carbons (Fsp3) is 0.600. The Balaban J connectivity index is 2.08. The molecule has 1 fully saturated rings. The van der Waals surface area contributed by atoms with Crippen LogP contribution in [0.3, 0.4) is 0 Å². The third kappa shape index (κ3) is 1.88. The molecule has 0 bridgehead atoms. The van der Waals surface area contributed by atoms with Crippen LogP contribution in [0.1, 0.15) is 0 Å². The molecule has 0 radical (unpaired) electrons. The first-order chi connectivity index (χ1) is 6.81. The number of fused-ring (bicyclic) bond motifs is 1. The van der Waals surface area contributed by atoms with E-state index in [1.54, 1.807) is 0 Å². The van der Waals surface area contributed by atoms with Gasteiger partial charge in [0.15, 0.2) is 0 Å². The average molecular weight is 198 g/mol. The molecule has 0 aromatic carbocycles. The first-order valence-corrected chi connectivity index (χ1v) is 4.91. The van der Waals surface area contributed by atoms with E-state index in [9.17, 15) is 5.11 Å². The maximum Gasteiger partial charge on any atom is 0.127 e. The summed E-state index contributed by atoms with van der Waals surface area (Å²) in [4.78, 5) is 0. The average Bonchev–Trinajstić information content (AvgIpc) is 2.27. The van der Waals surface area contributed by atoms with E-state index in [4.69, 9.17) is 9.47 Å². The molecule has 0 aromatic heterocycles. The lowest BCUT2D eigenvalue weighted by molar-refractivity contribution is -0.380. The first-order valence-electron chi connectivity index (χ1n) is 4.91. The molecule has 1 aliphatic carbocycles. The molecule has 0 unspecified atom stereocenters. The van der Waals surface area contributed by atoms with Gasteiger partial charge in [0, 0.05) is 0 Å². The van der Waals surface area contributed by atoms with E-state index in [0.717, 1.165) is 5.57 Å². The zero-order valence-electron chi connectivity index (χ0n) is 8.06. The molecule has 0 saturated carbocycles. The highest BCUT2D eigenvalue weighted by atomic mass is 16.6. The number of quaternary nitrogens is 1. The number of ether oxygens (including phenoxy) is 2. The summed E-state index contributed by atoms with van der Waals surface area (Å²) in [5.74, 6) is 0. The molecule has 0 aromatic rings. The molecule has 14 heavy (non-hydrogen) atoms. The molecule has 2 aliphatic rings. The van der Waals surface area contributed by atoms with Gasteiger partial charge < -0.3 is 20.3 Å². The molecule has 4 N–H and O–H groups in total. The van der Waals surface area contributed by atoms with E-state index < -0.39 is 6.10 Å². The van der Waals surface area contributed by atoms with Crippen LogP contribution in [0.2, 0.25) is 0 Å². The third-order valence-electron chi connectivity index (χ3n) is 2.52. The van der Waals surface area contributed by atoms with Crippen molar-refractivity contribution in [2.45, 2.75) is 18.3 Å². The van der Waals surface area contributed by atoms with Crippen LogP contribution in [0.15, 0.2) is 23.8 Å². The summed E-state index contributed by atoms with van der Waals surface area (Å²) < 4.78 is 11.0. The van der Waals surface area contributed by atoms with E-state index >= 15 is 0 Å². The highest BCUT2D eigenvalue weighted by Gasteiger charge is 2.27. The molecule has 1 saturated heterocycles.